The first-order valence-electron chi connectivity index (χ1n) is 6.46. The summed E-state index contributed by atoms with van der Waals surface area (Å²) in [5.74, 6) is -0.177. The fraction of sp³-hybridized carbons (Fsp3) is 0.500. The summed E-state index contributed by atoms with van der Waals surface area (Å²) >= 11 is 3.32. The lowest BCUT2D eigenvalue weighted by molar-refractivity contribution is -0.148. The second-order valence-corrected chi connectivity index (χ2v) is 6.94. The number of amides is 2. The number of carbonyl (C=O) groups is 2. The third-order valence-corrected chi connectivity index (χ3v) is 3.68. The molecule has 0 aromatic carbocycles. The number of piperazine rings is 1. The normalized spacial score (nSPS) is 20.0. The molecule has 0 aliphatic carbocycles. The van der Waals surface area contributed by atoms with Gasteiger partial charge >= 0.3 is 0 Å². The Morgan fingerprint density at radius 1 is 1.40 bits per heavy atom. The highest BCUT2D eigenvalue weighted by atomic mass is 79.9. The molecular formula is C14H18BrN3O2. The summed E-state index contributed by atoms with van der Waals surface area (Å²) < 4.78 is 0.886. The average molecular weight is 340 g/mol. The maximum Gasteiger partial charge on any atom is 0.246 e. The molecule has 0 spiro atoms. The molecule has 1 aromatic heterocycles. The van der Waals surface area contributed by atoms with Crippen LogP contribution in [0.15, 0.2) is 22.8 Å². The topological polar surface area (TPSA) is 62.3 Å². The van der Waals surface area contributed by atoms with Crippen LogP contribution >= 0.6 is 15.9 Å². The molecule has 1 aliphatic rings. The Bertz CT molecular complexity index is 522. The standard InChI is InChI=1S/C14H18BrN3O2/c1-14(2,3)12-13(20)18(8-11(19)17-12)7-10-5-4-9(15)6-16-10/h4-6,12H,7-8H2,1-3H3,(H,17,19). The molecule has 1 saturated heterocycles. The van der Waals surface area contributed by atoms with Crippen molar-refractivity contribution in [2.45, 2.75) is 33.4 Å². The second-order valence-electron chi connectivity index (χ2n) is 6.03. The molecule has 1 aromatic rings. The van der Waals surface area contributed by atoms with Gasteiger partial charge in [0.25, 0.3) is 0 Å². The SMILES string of the molecule is CC(C)(C)C1NC(=O)CN(Cc2ccc(Br)cn2)C1=O. The van der Waals surface area contributed by atoms with Crippen LogP contribution in [0.1, 0.15) is 26.5 Å². The first-order valence-corrected chi connectivity index (χ1v) is 7.25. The molecule has 6 heteroatoms. The first-order chi connectivity index (χ1) is 9.27. The van der Waals surface area contributed by atoms with Crippen LogP contribution in [0, 0.1) is 5.41 Å². The number of pyridine rings is 1. The maximum absolute atomic E-state index is 12.5. The largest absolute Gasteiger partial charge is 0.342 e. The lowest BCUT2D eigenvalue weighted by Crippen LogP contribution is -2.61. The van der Waals surface area contributed by atoms with Crippen molar-refractivity contribution in [1.29, 1.82) is 0 Å². The van der Waals surface area contributed by atoms with E-state index in [2.05, 4.69) is 26.2 Å². The van der Waals surface area contributed by atoms with E-state index in [1.807, 2.05) is 32.9 Å². The highest BCUT2D eigenvalue weighted by Gasteiger charge is 2.39. The van der Waals surface area contributed by atoms with E-state index in [1.165, 1.54) is 0 Å². The van der Waals surface area contributed by atoms with Gasteiger partial charge in [0, 0.05) is 10.7 Å². The van der Waals surface area contributed by atoms with Crippen LogP contribution in [0.4, 0.5) is 0 Å². The van der Waals surface area contributed by atoms with E-state index in [9.17, 15) is 9.59 Å². The zero-order valence-corrected chi connectivity index (χ0v) is 13.4. The molecule has 1 atom stereocenters. The monoisotopic (exact) mass is 339 g/mol. The third-order valence-electron chi connectivity index (χ3n) is 3.21. The van der Waals surface area contributed by atoms with Crippen molar-refractivity contribution in [2.75, 3.05) is 6.54 Å². The Kier molecular flexibility index (Phi) is 4.13. The van der Waals surface area contributed by atoms with Gasteiger partial charge in [-0.25, -0.2) is 0 Å². The molecule has 2 amide bonds. The molecule has 2 rings (SSSR count). The fourth-order valence-corrected chi connectivity index (χ4v) is 2.35. The fourth-order valence-electron chi connectivity index (χ4n) is 2.12. The minimum Gasteiger partial charge on any atom is -0.342 e. The molecule has 20 heavy (non-hydrogen) atoms. The Balaban J connectivity index is 2.16. The molecule has 0 radical (unpaired) electrons. The number of aromatic nitrogens is 1. The quantitative estimate of drug-likeness (QED) is 0.892. The number of carbonyl (C=O) groups excluding carboxylic acids is 2. The van der Waals surface area contributed by atoms with Crippen molar-refractivity contribution in [1.82, 2.24) is 15.2 Å². The van der Waals surface area contributed by atoms with Gasteiger partial charge in [0.05, 0.1) is 12.2 Å². The molecule has 2 heterocycles. The Hall–Kier alpha value is -1.43. The van der Waals surface area contributed by atoms with E-state index in [0.29, 0.717) is 6.54 Å². The van der Waals surface area contributed by atoms with E-state index in [1.54, 1.807) is 11.1 Å². The molecule has 1 N–H and O–H groups in total. The molecule has 108 valence electrons. The lowest BCUT2D eigenvalue weighted by atomic mass is 9.85. The molecule has 0 saturated carbocycles. The Labute approximate surface area is 126 Å². The van der Waals surface area contributed by atoms with Crippen molar-refractivity contribution in [3.8, 4) is 0 Å². The number of halogens is 1. The van der Waals surface area contributed by atoms with E-state index in [4.69, 9.17) is 0 Å². The van der Waals surface area contributed by atoms with Gasteiger partial charge < -0.3 is 10.2 Å². The Morgan fingerprint density at radius 3 is 2.65 bits per heavy atom. The summed E-state index contributed by atoms with van der Waals surface area (Å²) in [6, 6.07) is 3.23. The van der Waals surface area contributed by atoms with Crippen molar-refractivity contribution >= 4 is 27.7 Å². The van der Waals surface area contributed by atoms with Crippen LogP contribution in [0.25, 0.3) is 0 Å². The summed E-state index contributed by atoms with van der Waals surface area (Å²) in [6.45, 7) is 6.26. The number of nitrogens with one attached hydrogen (secondary N) is 1. The highest BCUT2D eigenvalue weighted by Crippen LogP contribution is 2.24. The van der Waals surface area contributed by atoms with E-state index in [-0.39, 0.29) is 23.8 Å². The van der Waals surface area contributed by atoms with Gasteiger partial charge in [-0.15, -0.1) is 0 Å². The van der Waals surface area contributed by atoms with E-state index in [0.717, 1.165) is 10.2 Å². The molecule has 5 nitrogen and oxygen atoms in total. The van der Waals surface area contributed by atoms with Gasteiger partial charge in [-0.1, -0.05) is 20.8 Å². The van der Waals surface area contributed by atoms with E-state index >= 15 is 0 Å². The van der Waals surface area contributed by atoms with Gasteiger partial charge in [0.15, 0.2) is 0 Å². The number of rotatable bonds is 2. The van der Waals surface area contributed by atoms with Crippen LogP contribution in [0.5, 0.6) is 0 Å². The predicted molar refractivity (Wildman–Crippen MR) is 78.7 cm³/mol. The average Bonchev–Trinajstić information content (AvgIpc) is 2.35. The van der Waals surface area contributed by atoms with Crippen molar-refractivity contribution in [3.05, 3.63) is 28.5 Å². The van der Waals surface area contributed by atoms with E-state index < -0.39 is 6.04 Å². The molecule has 0 bridgehead atoms. The molecule has 1 fully saturated rings. The van der Waals surface area contributed by atoms with Crippen LogP contribution in [0.3, 0.4) is 0 Å². The van der Waals surface area contributed by atoms with Crippen LogP contribution in [0.2, 0.25) is 0 Å². The van der Waals surface area contributed by atoms with Gasteiger partial charge in [0.1, 0.15) is 12.6 Å². The first kappa shape index (κ1) is 15.0. The van der Waals surface area contributed by atoms with Gasteiger partial charge in [0.2, 0.25) is 11.8 Å². The smallest absolute Gasteiger partial charge is 0.246 e. The number of hydrogen-bond acceptors (Lipinski definition) is 3. The van der Waals surface area contributed by atoms with Gasteiger partial charge in [-0.2, -0.15) is 0 Å². The van der Waals surface area contributed by atoms with Crippen molar-refractivity contribution in [3.63, 3.8) is 0 Å². The Morgan fingerprint density at radius 2 is 2.10 bits per heavy atom. The lowest BCUT2D eigenvalue weighted by Gasteiger charge is -2.38. The maximum atomic E-state index is 12.5. The summed E-state index contributed by atoms with van der Waals surface area (Å²) in [5, 5.41) is 2.77. The minimum absolute atomic E-state index is 0.0539. The van der Waals surface area contributed by atoms with Crippen LogP contribution < -0.4 is 5.32 Å². The van der Waals surface area contributed by atoms with Crippen molar-refractivity contribution < 1.29 is 9.59 Å². The second kappa shape index (κ2) is 5.52. The zero-order chi connectivity index (χ0) is 14.9. The summed E-state index contributed by atoms with van der Waals surface area (Å²) in [6.07, 6.45) is 1.69. The number of nitrogens with zero attached hydrogens (tertiary/aromatic N) is 2. The molecule has 1 unspecified atom stereocenters. The molecular weight excluding hydrogens is 322 g/mol. The highest BCUT2D eigenvalue weighted by molar-refractivity contribution is 9.10. The summed E-state index contributed by atoms with van der Waals surface area (Å²) in [4.78, 5) is 30.1. The van der Waals surface area contributed by atoms with Gasteiger partial charge in [-0.05, 0) is 33.5 Å². The molecule has 1 aliphatic heterocycles. The zero-order valence-electron chi connectivity index (χ0n) is 11.8. The van der Waals surface area contributed by atoms with Gasteiger partial charge in [-0.3, -0.25) is 14.6 Å². The van der Waals surface area contributed by atoms with Crippen LogP contribution in [-0.4, -0.2) is 34.3 Å². The summed E-state index contributed by atoms with van der Waals surface area (Å²) in [7, 11) is 0. The third kappa shape index (κ3) is 3.36. The minimum atomic E-state index is -0.487. The summed E-state index contributed by atoms with van der Waals surface area (Å²) in [5.41, 5.74) is 0.461. The number of hydrogen-bond donors (Lipinski definition) is 1. The van der Waals surface area contributed by atoms with Crippen molar-refractivity contribution in [2.24, 2.45) is 5.41 Å². The van der Waals surface area contributed by atoms with Crippen LogP contribution in [-0.2, 0) is 16.1 Å². The predicted octanol–water partition coefficient (Wildman–Crippen LogP) is 1.72.